The van der Waals surface area contributed by atoms with E-state index in [0.717, 1.165) is 0 Å². The first-order valence-electron chi connectivity index (χ1n) is 5.45. The first-order chi connectivity index (χ1) is 9.90. The zero-order valence-electron chi connectivity index (χ0n) is 10.6. The van der Waals surface area contributed by atoms with Gasteiger partial charge in [-0.3, -0.25) is 0 Å². The molecule has 0 aliphatic carbocycles. The van der Waals surface area contributed by atoms with Crippen LogP contribution in [0.2, 0.25) is 10.0 Å². The molecule has 0 fully saturated rings. The normalized spacial score (nSPS) is 10.2. The molecule has 108 valence electrons. The molecule has 0 saturated carbocycles. The molecule has 1 aromatic carbocycles. The third-order valence-electron chi connectivity index (χ3n) is 2.64. The van der Waals surface area contributed by atoms with Crippen molar-refractivity contribution < 1.29 is 9.13 Å². The third kappa shape index (κ3) is 2.51. The van der Waals surface area contributed by atoms with Crippen LogP contribution in [-0.2, 0) is 0 Å². The Labute approximate surface area is 129 Å². The molecule has 0 atom stereocenters. The highest BCUT2D eigenvalue weighted by atomic mass is 35.5. The van der Waals surface area contributed by atoms with Gasteiger partial charge in [0.1, 0.15) is 23.1 Å². The molecule has 0 spiro atoms. The van der Waals surface area contributed by atoms with Crippen molar-refractivity contribution in [2.24, 2.45) is 0 Å². The van der Waals surface area contributed by atoms with Gasteiger partial charge in [0.15, 0.2) is 11.6 Å². The minimum Gasteiger partial charge on any atom is -0.492 e. The standard InChI is InChI=1S/C12H8Cl2FN5O/c1-21-10-6(14)2-5(13)7(8(10)15)9-4(3-16)11(17)20-12(18)19-9/h2H,1H3,(H4,17,18,19,20). The van der Waals surface area contributed by atoms with Crippen molar-refractivity contribution in [1.29, 1.82) is 5.26 Å². The lowest BCUT2D eigenvalue weighted by Gasteiger charge is -2.13. The summed E-state index contributed by atoms with van der Waals surface area (Å²) in [6, 6.07) is 3.07. The fourth-order valence-corrected chi connectivity index (χ4v) is 2.37. The molecule has 0 aliphatic rings. The Kier molecular flexibility index (Phi) is 4.02. The lowest BCUT2D eigenvalue weighted by atomic mass is 10.1. The van der Waals surface area contributed by atoms with Crippen LogP contribution >= 0.6 is 23.2 Å². The van der Waals surface area contributed by atoms with E-state index in [4.69, 9.17) is 44.7 Å². The van der Waals surface area contributed by atoms with Gasteiger partial charge in [-0.25, -0.2) is 9.37 Å². The van der Waals surface area contributed by atoms with Gasteiger partial charge < -0.3 is 16.2 Å². The molecule has 0 aliphatic heterocycles. The van der Waals surface area contributed by atoms with Gasteiger partial charge >= 0.3 is 0 Å². The van der Waals surface area contributed by atoms with Crippen LogP contribution in [-0.4, -0.2) is 17.1 Å². The van der Waals surface area contributed by atoms with Crippen molar-refractivity contribution >= 4 is 35.0 Å². The second kappa shape index (κ2) is 5.60. The zero-order valence-corrected chi connectivity index (χ0v) is 12.1. The van der Waals surface area contributed by atoms with E-state index in [1.54, 1.807) is 6.07 Å². The van der Waals surface area contributed by atoms with E-state index in [9.17, 15) is 4.39 Å². The van der Waals surface area contributed by atoms with E-state index in [2.05, 4.69) is 9.97 Å². The number of halogens is 3. The molecule has 0 radical (unpaired) electrons. The molecular weight excluding hydrogens is 320 g/mol. The number of benzene rings is 1. The van der Waals surface area contributed by atoms with Gasteiger partial charge in [0.05, 0.1) is 22.7 Å². The number of nitrogens with two attached hydrogens (primary N) is 2. The number of nitrogen functional groups attached to an aromatic ring is 2. The Morgan fingerprint density at radius 1 is 1.29 bits per heavy atom. The summed E-state index contributed by atoms with van der Waals surface area (Å²) in [5, 5.41) is 9.06. The Morgan fingerprint density at radius 3 is 2.52 bits per heavy atom. The predicted molar refractivity (Wildman–Crippen MR) is 77.5 cm³/mol. The minimum atomic E-state index is -0.871. The molecule has 2 aromatic rings. The topological polar surface area (TPSA) is 111 Å². The number of rotatable bonds is 2. The van der Waals surface area contributed by atoms with Crippen molar-refractivity contribution in [3.05, 3.63) is 27.5 Å². The summed E-state index contributed by atoms with van der Waals surface area (Å²) in [7, 11) is 1.25. The molecule has 0 bridgehead atoms. The van der Waals surface area contributed by atoms with Crippen molar-refractivity contribution in [1.82, 2.24) is 9.97 Å². The quantitative estimate of drug-likeness (QED) is 0.877. The van der Waals surface area contributed by atoms with Crippen LogP contribution < -0.4 is 16.2 Å². The first-order valence-corrected chi connectivity index (χ1v) is 6.21. The maximum Gasteiger partial charge on any atom is 0.222 e. The largest absolute Gasteiger partial charge is 0.492 e. The Hall–Kier alpha value is -2.30. The molecule has 9 heteroatoms. The molecule has 4 N–H and O–H groups in total. The summed E-state index contributed by atoms with van der Waals surface area (Å²) in [5.74, 6) is -1.49. The number of hydrogen-bond donors (Lipinski definition) is 2. The summed E-state index contributed by atoms with van der Waals surface area (Å²) in [6.45, 7) is 0. The van der Waals surface area contributed by atoms with Crippen LogP contribution in [0.3, 0.4) is 0 Å². The molecule has 0 unspecified atom stereocenters. The van der Waals surface area contributed by atoms with Crippen molar-refractivity contribution in [3.63, 3.8) is 0 Å². The Balaban J connectivity index is 2.89. The minimum absolute atomic E-state index is 0.0164. The summed E-state index contributed by atoms with van der Waals surface area (Å²) in [5.41, 5.74) is 10.6. The van der Waals surface area contributed by atoms with Crippen LogP contribution in [0, 0.1) is 17.1 Å². The number of ether oxygens (including phenoxy) is 1. The maximum atomic E-state index is 14.5. The van der Waals surface area contributed by atoms with E-state index in [1.807, 2.05) is 0 Å². The molecular formula is C12H8Cl2FN5O. The highest BCUT2D eigenvalue weighted by Gasteiger charge is 2.24. The summed E-state index contributed by atoms with van der Waals surface area (Å²) >= 11 is 11.8. The predicted octanol–water partition coefficient (Wildman–Crippen LogP) is 2.63. The first kappa shape index (κ1) is 15.1. The number of nitrogens with zero attached hydrogens (tertiary/aromatic N) is 3. The second-order valence-corrected chi connectivity index (χ2v) is 4.68. The van der Waals surface area contributed by atoms with Gasteiger partial charge in [-0.1, -0.05) is 23.2 Å². The van der Waals surface area contributed by atoms with Crippen LogP contribution in [0.5, 0.6) is 5.75 Å². The van der Waals surface area contributed by atoms with Gasteiger partial charge in [0.2, 0.25) is 5.95 Å². The third-order valence-corrected chi connectivity index (χ3v) is 3.21. The SMILES string of the molecule is COc1c(Cl)cc(Cl)c(-c2nc(N)nc(N)c2C#N)c1F. The number of methoxy groups -OCH3 is 1. The number of anilines is 2. The van der Waals surface area contributed by atoms with E-state index in [1.165, 1.54) is 13.2 Å². The van der Waals surface area contributed by atoms with Gasteiger partial charge in [-0.15, -0.1) is 0 Å². The Bertz CT molecular complexity index is 775. The monoisotopic (exact) mass is 327 g/mol. The highest BCUT2D eigenvalue weighted by Crippen LogP contribution is 2.41. The lowest BCUT2D eigenvalue weighted by molar-refractivity contribution is 0.387. The van der Waals surface area contributed by atoms with Gasteiger partial charge in [-0.05, 0) is 6.07 Å². The second-order valence-electron chi connectivity index (χ2n) is 3.86. The Morgan fingerprint density at radius 2 is 1.95 bits per heavy atom. The number of hydrogen-bond acceptors (Lipinski definition) is 6. The molecule has 21 heavy (non-hydrogen) atoms. The molecule has 1 heterocycles. The average Bonchev–Trinajstić information content (AvgIpc) is 2.38. The van der Waals surface area contributed by atoms with E-state index < -0.39 is 5.82 Å². The fraction of sp³-hybridized carbons (Fsp3) is 0.0833. The zero-order chi connectivity index (χ0) is 15.7. The highest BCUT2D eigenvalue weighted by molar-refractivity contribution is 6.37. The van der Waals surface area contributed by atoms with Crippen LogP contribution in [0.4, 0.5) is 16.2 Å². The van der Waals surface area contributed by atoms with Crippen molar-refractivity contribution in [3.8, 4) is 23.1 Å². The van der Waals surface area contributed by atoms with Gasteiger partial charge in [0, 0.05) is 0 Å². The van der Waals surface area contributed by atoms with Crippen LogP contribution in [0.1, 0.15) is 5.56 Å². The van der Waals surface area contributed by atoms with Crippen molar-refractivity contribution in [2.75, 3.05) is 18.6 Å². The summed E-state index contributed by atoms with van der Waals surface area (Å²) in [4.78, 5) is 7.49. The molecule has 1 aromatic heterocycles. The van der Waals surface area contributed by atoms with Crippen LogP contribution in [0.15, 0.2) is 6.07 Å². The molecule has 2 rings (SSSR count). The number of nitriles is 1. The van der Waals surface area contributed by atoms with E-state index in [0.29, 0.717) is 0 Å². The van der Waals surface area contributed by atoms with Crippen LogP contribution in [0.25, 0.3) is 11.3 Å². The fourth-order valence-electron chi connectivity index (χ4n) is 1.76. The van der Waals surface area contributed by atoms with Gasteiger partial charge in [-0.2, -0.15) is 10.2 Å². The van der Waals surface area contributed by atoms with Gasteiger partial charge in [0.25, 0.3) is 0 Å². The average molecular weight is 328 g/mol. The molecule has 0 amide bonds. The maximum absolute atomic E-state index is 14.5. The smallest absolute Gasteiger partial charge is 0.222 e. The van der Waals surface area contributed by atoms with Crippen molar-refractivity contribution in [2.45, 2.75) is 0 Å². The van der Waals surface area contributed by atoms with E-state index in [-0.39, 0.29) is 44.4 Å². The lowest BCUT2D eigenvalue weighted by Crippen LogP contribution is -2.06. The summed E-state index contributed by atoms with van der Waals surface area (Å²) < 4.78 is 19.4. The van der Waals surface area contributed by atoms with E-state index >= 15 is 0 Å². The number of aromatic nitrogens is 2. The molecule has 0 saturated heterocycles. The molecule has 6 nitrogen and oxygen atoms in total. The summed E-state index contributed by atoms with van der Waals surface area (Å²) in [6.07, 6.45) is 0.